The monoisotopic (exact) mass is 328 g/mol. The minimum absolute atomic E-state index is 0.0367. The molecule has 118 valence electrons. The maximum Gasteiger partial charge on any atom is 0.181 e. The van der Waals surface area contributed by atoms with E-state index < -0.39 is 6.04 Å². The van der Waals surface area contributed by atoms with Crippen molar-refractivity contribution in [1.82, 2.24) is 4.98 Å². The van der Waals surface area contributed by atoms with Crippen molar-refractivity contribution in [1.29, 1.82) is 0 Å². The molecule has 0 amide bonds. The van der Waals surface area contributed by atoms with Crippen LogP contribution in [0, 0.1) is 0 Å². The molecule has 0 aliphatic heterocycles. The highest BCUT2D eigenvalue weighted by molar-refractivity contribution is 6.35. The fourth-order valence-corrected chi connectivity index (χ4v) is 2.98. The van der Waals surface area contributed by atoms with Gasteiger partial charge in [0.05, 0.1) is 16.6 Å². The van der Waals surface area contributed by atoms with Gasteiger partial charge in [-0.2, -0.15) is 0 Å². The number of pyridine rings is 1. The molecule has 1 heterocycles. The van der Waals surface area contributed by atoms with Gasteiger partial charge in [0.15, 0.2) is 11.6 Å². The maximum absolute atomic E-state index is 12.5. The summed E-state index contributed by atoms with van der Waals surface area (Å²) in [5, 5.41) is 4.67. The van der Waals surface area contributed by atoms with Gasteiger partial charge in [-0.3, -0.25) is 9.59 Å². The molecule has 3 rings (SSSR count). The van der Waals surface area contributed by atoms with E-state index in [2.05, 4.69) is 10.3 Å². The quantitative estimate of drug-likeness (QED) is 0.907. The number of Topliss-reactive ketones (excluding diaryl/α,β-unsaturated/α-hetero) is 2. The topological polar surface area (TPSA) is 59.1 Å². The predicted molar refractivity (Wildman–Crippen MR) is 91.8 cm³/mol. The van der Waals surface area contributed by atoms with Gasteiger partial charge in [0, 0.05) is 17.4 Å². The Morgan fingerprint density at radius 1 is 1.13 bits per heavy atom. The molecular formula is C18H17ClN2O2. The van der Waals surface area contributed by atoms with Crippen molar-refractivity contribution >= 4 is 39.9 Å². The number of carbonyl (C=O) groups excluding carboxylic acids is 2. The number of para-hydroxylation sites is 1. The van der Waals surface area contributed by atoms with E-state index in [4.69, 9.17) is 11.6 Å². The van der Waals surface area contributed by atoms with Crippen LogP contribution < -0.4 is 5.32 Å². The predicted octanol–water partition coefficient (Wildman–Crippen LogP) is 3.94. The molecule has 1 aromatic heterocycles. The van der Waals surface area contributed by atoms with Crippen LogP contribution in [0.3, 0.4) is 0 Å². The van der Waals surface area contributed by atoms with E-state index in [1.54, 1.807) is 19.9 Å². The molecule has 1 aliphatic carbocycles. The van der Waals surface area contributed by atoms with E-state index in [1.807, 2.05) is 24.3 Å². The normalized spacial score (nSPS) is 19.2. The van der Waals surface area contributed by atoms with Gasteiger partial charge < -0.3 is 5.32 Å². The number of nitrogens with one attached hydrogen (secondary N) is 1. The molecule has 1 atom stereocenters. The third kappa shape index (κ3) is 2.99. The lowest BCUT2D eigenvalue weighted by Gasteiger charge is -2.16. The summed E-state index contributed by atoms with van der Waals surface area (Å²) in [6, 6.07) is 8.89. The molecule has 1 aliphatic rings. The highest BCUT2D eigenvalue weighted by atomic mass is 35.5. The van der Waals surface area contributed by atoms with Crippen molar-refractivity contribution in [2.75, 3.05) is 5.32 Å². The van der Waals surface area contributed by atoms with Gasteiger partial charge in [0.2, 0.25) is 0 Å². The smallest absolute Gasteiger partial charge is 0.181 e. The van der Waals surface area contributed by atoms with Crippen LogP contribution in [0.4, 0.5) is 5.82 Å². The van der Waals surface area contributed by atoms with Crippen LogP contribution >= 0.6 is 11.6 Å². The van der Waals surface area contributed by atoms with Gasteiger partial charge in [-0.05, 0) is 44.0 Å². The second kappa shape index (κ2) is 6.13. The number of hydrogen-bond acceptors (Lipinski definition) is 4. The van der Waals surface area contributed by atoms with Crippen molar-refractivity contribution in [3.8, 4) is 0 Å². The molecule has 0 saturated carbocycles. The van der Waals surface area contributed by atoms with Crippen LogP contribution in [-0.2, 0) is 9.59 Å². The van der Waals surface area contributed by atoms with Gasteiger partial charge in [-0.1, -0.05) is 23.7 Å². The molecule has 1 unspecified atom stereocenters. The number of rotatable bonds is 2. The molecule has 0 spiro atoms. The number of allylic oxidation sites excluding steroid dienone is 1. The largest absolute Gasteiger partial charge is 0.360 e. The summed E-state index contributed by atoms with van der Waals surface area (Å²) in [4.78, 5) is 28.9. The van der Waals surface area contributed by atoms with Crippen LogP contribution in [0.1, 0.15) is 26.7 Å². The molecular weight excluding hydrogens is 312 g/mol. The SMILES string of the molecule is CC1=C(C)C(=O)C(Nc2ccc3cccc(Cl)c3n2)CCC1=O. The van der Waals surface area contributed by atoms with E-state index in [1.165, 1.54) is 0 Å². The average Bonchev–Trinajstić information content (AvgIpc) is 2.64. The number of nitrogens with zero attached hydrogens (tertiary/aromatic N) is 1. The fourth-order valence-electron chi connectivity index (χ4n) is 2.76. The first-order chi connectivity index (χ1) is 11.0. The van der Waals surface area contributed by atoms with E-state index in [0.717, 1.165) is 5.39 Å². The maximum atomic E-state index is 12.5. The number of anilines is 1. The Kier molecular flexibility index (Phi) is 4.18. The summed E-state index contributed by atoms with van der Waals surface area (Å²) in [5.74, 6) is 0.577. The third-order valence-electron chi connectivity index (χ3n) is 4.32. The standard InChI is InChI=1S/C18H17ClN2O2/c1-10-11(2)18(23)14(7-8-15(10)22)20-16-9-6-12-4-3-5-13(19)17(12)21-16/h3-6,9,14H,7-8H2,1-2H3,(H,20,21). The zero-order valence-corrected chi connectivity index (χ0v) is 13.8. The molecule has 1 N–H and O–H groups in total. The van der Waals surface area contributed by atoms with Crippen LogP contribution in [0.2, 0.25) is 5.02 Å². The summed E-state index contributed by atoms with van der Waals surface area (Å²) in [7, 11) is 0. The minimum Gasteiger partial charge on any atom is -0.360 e. The molecule has 4 nitrogen and oxygen atoms in total. The van der Waals surface area contributed by atoms with Crippen molar-refractivity contribution in [3.05, 3.63) is 46.5 Å². The summed E-state index contributed by atoms with van der Waals surface area (Å²) in [5.41, 5.74) is 1.79. The van der Waals surface area contributed by atoms with E-state index in [9.17, 15) is 9.59 Å². The first kappa shape index (κ1) is 15.7. The van der Waals surface area contributed by atoms with Crippen molar-refractivity contribution in [2.24, 2.45) is 0 Å². The molecule has 23 heavy (non-hydrogen) atoms. The Morgan fingerprint density at radius 3 is 2.70 bits per heavy atom. The molecule has 0 radical (unpaired) electrons. The Labute approximate surface area is 139 Å². The second-order valence-corrected chi connectivity index (χ2v) is 6.19. The average molecular weight is 329 g/mol. The zero-order valence-electron chi connectivity index (χ0n) is 13.0. The van der Waals surface area contributed by atoms with Gasteiger partial charge in [0.1, 0.15) is 5.82 Å². The first-order valence-corrected chi connectivity index (χ1v) is 7.92. The lowest BCUT2D eigenvalue weighted by Crippen LogP contribution is -2.29. The van der Waals surface area contributed by atoms with Gasteiger partial charge >= 0.3 is 0 Å². The molecule has 0 fully saturated rings. The molecule has 1 aromatic carbocycles. The zero-order chi connectivity index (χ0) is 16.6. The van der Waals surface area contributed by atoms with Crippen LogP contribution in [0.5, 0.6) is 0 Å². The first-order valence-electron chi connectivity index (χ1n) is 7.54. The number of hydrogen-bond donors (Lipinski definition) is 1. The van der Waals surface area contributed by atoms with Gasteiger partial charge in [-0.15, -0.1) is 0 Å². The lowest BCUT2D eigenvalue weighted by atomic mass is 10.0. The lowest BCUT2D eigenvalue weighted by molar-refractivity contribution is -0.116. The Morgan fingerprint density at radius 2 is 1.91 bits per heavy atom. The molecule has 0 saturated heterocycles. The highest BCUT2D eigenvalue weighted by Gasteiger charge is 2.27. The Balaban J connectivity index is 1.91. The second-order valence-electron chi connectivity index (χ2n) is 5.78. The van der Waals surface area contributed by atoms with Crippen molar-refractivity contribution in [3.63, 3.8) is 0 Å². The Bertz CT molecular complexity index is 842. The number of benzene rings is 1. The van der Waals surface area contributed by atoms with Crippen molar-refractivity contribution < 1.29 is 9.59 Å². The van der Waals surface area contributed by atoms with E-state index in [-0.39, 0.29) is 11.6 Å². The van der Waals surface area contributed by atoms with Gasteiger partial charge in [0.25, 0.3) is 0 Å². The number of carbonyl (C=O) groups is 2. The minimum atomic E-state index is -0.441. The molecule has 5 heteroatoms. The molecule has 0 bridgehead atoms. The summed E-state index contributed by atoms with van der Waals surface area (Å²) >= 11 is 6.18. The third-order valence-corrected chi connectivity index (χ3v) is 4.63. The summed E-state index contributed by atoms with van der Waals surface area (Å²) in [6.07, 6.45) is 0.829. The van der Waals surface area contributed by atoms with Crippen LogP contribution in [-0.4, -0.2) is 22.6 Å². The number of ketones is 2. The van der Waals surface area contributed by atoms with Gasteiger partial charge in [-0.25, -0.2) is 4.98 Å². The van der Waals surface area contributed by atoms with Crippen LogP contribution in [0.25, 0.3) is 10.9 Å². The highest BCUT2D eigenvalue weighted by Crippen LogP contribution is 2.25. The van der Waals surface area contributed by atoms with Crippen LogP contribution in [0.15, 0.2) is 41.5 Å². The number of aromatic nitrogens is 1. The van der Waals surface area contributed by atoms with E-state index >= 15 is 0 Å². The Hall–Kier alpha value is -2.20. The molecule has 2 aromatic rings. The number of halogens is 1. The fraction of sp³-hybridized carbons (Fsp3) is 0.278. The summed E-state index contributed by atoms with van der Waals surface area (Å²) in [6.45, 7) is 3.42. The van der Waals surface area contributed by atoms with E-state index in [0.29, 0.717) is 40.3 Å². The summed E-state index contributed by atoms with van der Waals surface area (Å²) < 4.78 is 0. The number of fused-ring (bicyclic) bond motifs is 1. The van der Waals surface area contributed by atoms with Crippen molar-refractivity contribution in [2.45, 2.75) is 32.7 Å².